The zero-order valence-corrected chi connectivity index (χ0v) is 7.96. The molecule has 0 spiro atoms. The Balaban J connectivity index is 3.34. The summed E-state index contributed by atoms with van der Waals surface area (Å²) in [5.74, 6) is -0.0380. The number of nitrogens with zero attached hydrogens (tertiary/aromatic N) is 2. The molecule has 0 unspecified atom stereocenters. The van der Waals surface area contributed by atoms with Crippen molar-refractivity contribution in [1.82, 2.24) is 0 Å². The van der Waals surface area contributed by atoms with Crippen molar-refractivity contribution in [2.45, 2.75) is 13.8 Å². The van der Waals surface area contributed by atoms with E-state index in [0.29, 0.717) is 16.7 Å². The minimum Gasteiger partial charge on any atom is -0.289 e. The lowest BCUT2D eigenvalue weighted by atomic mass is 9.93. The van der Waals surface area contributed by atoms with E-state index in [0.717, 1.165) is 0 Å². The molecule has 0 radical (unpaired) electrons. The van der Waals surface area contributed by atoms with Crippen molar-refractivity contribution in [3.63, 3.8) is 0 Å². The molecule has 0 bridgehead atoms. The molecule has 0 atom stereocenters. The van der Waals surface area contributed by atoms with Crippen LogP contribution in [0, 0.1) is 22.7 Å². The summed E-state index contributed by atoms with van der Waals surface area (Å²) < 4.78 is 0. The Morgan fingerprint density at radius 2 is 1.57 bits per heavy atom. The molecule has 68 valence electrons. The smallest absolute Gasteiger partial charge is 0.184 e. The number of carbonyl (C=O) groups excluding carboxylic acids is 1. The van der Waals surface area contributed by atoms with Crippen LogP contribution in [-0.2, 0) is 4.79 Å². The standard InChI is InChI=1S/C11H8N2O/c1-7-3-9(10(5-12)6-13)4-8(2)11(7)14/h3-4H,1-2H3. The molecule has 0 aromatic heterocycles. The van der Waals surface area contributed by atoms with Gasteiger partial charge in [0.1, 0.15) is 17.7 Å². The maximum atomic E-state index is 11.3. The molecule has 0 fully saturated rings. The molecule has 0 amide bonds. The minimum atomic E-state index is -0.0380. The van der Waals surface area contributed by atoms with Crippen LogP contribution in [0.15, 0.2) is 34.4 Å². The van der Waals surface area contributed by atoms with Gasteiger partial charge in [0.2, 0.25) is 0 Å². The molecule has 0 aliphatic heterocycles. The number of hydrogen-bond donors (Lipinski definition) is 0. The Morgan fingerprint density at radius 1 is 1.14 bits per heavy atom. The summed E-state index contributed by atoms with van der Waals surface area (Å²) in [7, 11) is 0. The molecule has 1 aliphatic rings. The molecule has 3 nitrogen and oxygen atoms in total. The largest absolute Gasteiger partial charge is 0.289 e. The van der Waals surface area contributed by atoms with Gasteiger partial charge < -0.3 is 0 Å². The Bertz CT molecular complexity index is 424. The average molecular weight is 184 g/mol. The highest BCUT2D eigenvalue weighted by Crippen LogP contribution is 2.20. The van der Waals surface area contributed by atoms with Gasteiger partial charge in [-0.15, -0.1) is 0 Å². The van der Waals surface area contributed by atoms with E-state index in [1.165, 1.54) is 0 Å². The minimum absolute atomic E-state index is 0.0380. The lowest BCUT2D eigenvalue weighted by molar-refractivity contribution is -0.112. The van der Waals surface area contributed by atoms with Crippen LogP contribution in [0.5, 0.6) is 0 Å². The normalized spacial score (nSPS) is 15.1. The van der Waals surface area contributed by atoms with Crippen LogP contribution in [0.3, 0.4) is 0 Å². The van der Waals surface area contributed by atoms with Gasteiger partial charge in [-0.05, 0) is 37.1 Å². The fourth-order valence-corrected chi connectivity index (χ4v) is 1.25. The zero-order chi connectivity index (χ0) is 10.7. The van der Waals surface area contributed by atoms with Crippen LogP contribution >= 0.6 is 0 Å². The predicted octanol–water partition coefficient (Wildman–Crippen LogP) is 1.81. The summed E-state index contributed by atoms with van der Waals surface area (Å²) in [5, 5.41) is 17.3. The summed E-state index contributed by atoms with van der Waals surface area (Å²) in [4.78, 5) is 11.3. The second-order valence-corrected chi connectivity index (χ2v) is 3.04. The van der Waals surface area contributed by atoms with Gasteiger partial charge in [0.25, 0.3) is 0 Å². The predicted molar refractivity (Wildman–Crippen MR) is 50.8 cm³/mol. The molecule has 0 aromatic carbocycles. The Hall–Kier alpha value is -2.13. The Kier molecular flexibility index (Phi) is 2.65. The molecule has 0 heterocycles. The second kappa shape index (κ2) is 3.72. The van der Waals surface area contributed by atoms with E-state index in [1.807, 2.05) is 0 Å². The molecule has 0 N–H and O–H groups in total. The Morgan fingerprint density at radius 3 is 1.93 bits per heavy atom. The SMILES string of the molecule is CC1=CC(=C(C#N)C#N)C=C(C)C1=O. The van der Waals surface area contributed by atoms with Gasteiger partial charge in [0, 0.05) is 5.57 Å². The van der Waals surface area contributed by atoms with E-state index < -0.39 is 0 Å². The molecular weight excluding hydrogens is 176 g/mol. The number of allylic oxidation sites excluding steroid dienone is 6. The third-order valence-electron chi connectivity index (χ3n) is 1.97. The van der Waals surface area contributed by atoms with Gasteiger partial charge in [-0.1, -0.05) is 0 Å². The van der Waals surface area contributed by atoms with Crippen LogP contribution in [0.25, 0.3) is 0 Å². The van der Waals surface area contributed by atoms with E-state index >= 15 is 0 Å². The molecule has 0 aromatic rings. The highest BCUT2D eigenvalue weighted by atomic mass is 16.1. The van der Waals surface area contributed by atoms with E-state index in [4.69, 9.17) is 10.5 Å². The average Bonchev–Trinajstić information content (AvgIpc) is 2.16. The monoisotopic (exact) mass is 184 g/mol. The number of nitriles is 2. The first-order valence-corrected chi connectivity index (χ1v) is 4.06. The first kappa shape index (κ1) is 9.95. The van der Waals surface area contributed by atoms with Gasteiger partial charge >= 0.3 is 0 Å². The maximum absolute atomic E-state index is 11.3. The fraction of sp³-hybridized carbons (Fsp3) is 0.182. The topological polar surface area (TPSA) is 64.7 Å². The molecule has 1 rings (SSSR count). The fourth-order valence-electron chi connectivity index (χ4n) is 1.25. The van der Waals surface area contributed by atoms with Crippen molar-refractivity contribution < 1.29 is 4.79 Å². The van der Waals surface area contributed by atoms with E-state index in [2.05, 4.69) is 0 Å². The molecular formula is C11H8N2O. The van der Waals surface area contributed by atoms with Crippen LogP contribution in [0.4, 0.5) is 0 Å². The zero-order valence-electron chi connectivity index (χ0n) is 7.96. The second-order valence-electron chi connectivity index (χ2n) is 3.04. The lowest BCUT2D eigenvalue weighted by Gasteiger charge is -2.08. The molecule has 0 saturated heterocycles. The van der Waals surface area contributed by atoms with E-state index in [9.17, 15) is 4.79 Å². The number of carbonyl (C=O) groups is 1. The van der Waals surface area contributed by atoms with Crippen molar-refractivity contribution in [2.24, 2.45) is 0 Å². The highest BCUT2D eigenvalue weighted by molar-refractivity contribution is 6.09. The number of ketones is 1. The summed E-state index contributed by atoms with van der Waals surface area (Å²) in [6, 6.07) is 3.59. The van der Waals surface area contributed by atoms with Gasteiger partial charge in [-0.3, -0.25) is 4.79 Å². The molecule has 14 heavy (non-hydrogen) atoms. The van der Waals surface area contributed by atoms with Gasteiger partial charge in [0.05, 0.1) is 0 Å². The quantitative estimate of drug-likeness (QED) is 0.539. The third-order valence-corrected chi connectivity index (χ3v) is 1.97. The van der Waals surface area contributed by atoms with Gasteiger partial charge in [-0.2, -0.15) is 10.5 Å². The number of rotatable bonds is 0. The third kappa shape index (κ3) is 1.62. The first-order valence-electron chi connectivity index (χ1n) is 4.06. The van der Waals surface area contributed by atoms with Crippen LogP contribution in [-0.4, -0.2) is 5.78 Å². The van der Waals surface area contributed by atoms with Crippen molar-refractivity contribution in [3.8, 4) is 12.1 Å². The lowest BCUT2D eigenvalue weighted by Crippen LogP contribution is -2.06. The summed E-state index contributed by atoms with van der Waals surface area (Å²) in [6.07, 6.45) is 3.13. The Labute approximate surface area is 82.3 Å². The van der Waals surface area contributed by atoms with Crippen molar-refractivity contribution >= 4 is 5.78 Å². The van der Waals surface area contributed by atoms with Gasteiger partial charge in [-0.25, -0.2) is 0 Å². The first-order chi connectivity index (χ1) is 6.60. The van der Waals surface area contributed by atoms with Crippen molar-refractivity contribution in [1.29, 1.82) is 10.5 Å². The number of Topliss-reactive ketones (excluding diaryl/α,β-unsaturated/α-hetero) is 1. The molecule has 0 saturated carbocycles. The van der Waals surface area contributed by atoms with E-state index in [1.54, 1.807) is 38.1 Å². The van der Waals surface area contributed by atoms with Crippen LogP contribution < -0.4 is 0 Å². The highest BCUT2D eigenvalue weighted by Gasteiger charge is 2.14. The van der Waals surface area contributed by atoms with Gasteiger partial charge in [0.15, 0.2) is 5.78 Å². The summed E-state index contributed by atoms with van der Waals surface area (Å²) >= 11 is 0. The number of hydrogen-bond acceptors (Lipinski definition) is 3. The van der Waals surface area contributed by atoms with Crippen molar-refractivity contribution in [3.05, 3.63) is 34.4 Å². The molecule has 3 heteroatoms. The van der Waals surface area contributed by atoms with Crippen LogP contribution in [0.1, 0.15) is 13.8 Å². The molecule has 1 aliphatic carbocycles. The van der Waals surface area contributed by atoms with Crippen LogP contribution in [0.2, 0.25) is 0 Å². The maximum Gasteiger partial charge on any atom is 0.184 e. The van der Waals surface area contributed by atoms with Crippen molar-refractivity contribution in [2.75, 3.05) is 0 Å². The van der Waals surface area contributed by atoms with E-state index in [-0.39, 0.29) is 11.4 Å². The summed E-state index contributed by atoms with van der Waals surface area (Å²) in [5.41, 5.74) is 1.67. The summed E-state index contributed by atoms with van der Waals surface area (Å²) in [6.45, 7) is 3.34.